The van der Waals surface area contributed by atoms with Crippen LogP contribution in [0.2, 0.25) is 0 Å². The monoisotopic (exact) mass is 2170 g/mol. The van der Waals surface area contributed by atoms with Crippen LogP contribution >= 0.6 is 0 Å². The zero-order chi connectivity index (χ0) is 106. The van der Waals surface area contributed by atoms with Gasteiger partial charge in [-0.1, -0.05) is 0 Å². The number of carbonyl (C=O) groups is 14. The van der Waals surface area contributed by atoms with Gasteiger partial charge >= 0.3 is 83.6 Å². The molecule has 0 unspecified atom stereocenters. The minimum Gasteiger partial charge on any atom is -0.455 e. The minimum atomic E-state index is -5.86. The van der Waals surface area contributed by atoms with E-state index in [1.54, 1.807) is 0 Å². The second-order valence-electron chi connectivity index (χ2n) is 31.8. The Kier molecular flexibility index (Phi) is 39.2. The summed E-state index contributed by atoms with van der Waals surface area (Å²) in [5, 5.41) is 0. The van der Waals surface area contributed by atoms with Gasteiger partial charge in [0, 0.05) is 96.9 Å². The maximum Gasteiger partial charge on any atom is 0.303 e. The van der Waals surface area contributed by atoms with Gasteiger partial charge in [-0.05, 0) is 0 Å². The standard InChI is InChI=1S/C70H98O63S7/c1-22(71)106-50-43-36(15-134(85,86)87)120-64(57(50)113-29(8)78)128-44-37(16-135(88,89)90)122-66(59(115-31(10)80)51(44)107-23(2)72)130-46-39(18-137(94,95)96)124-68(61(117-33(12)82)53(46)109-25(4)74)132-48-41(20-139(100,101)102)126-70(63(119-35(14)84)55(48)111-27(6)76)133-49-42(21-140(103,104)105)125-69(62(118-34(13)83)56(49)112-28(7)77)131-47-40(19-138(97,98)99)123-67(60(116-32(11)81)54(47)110-26(5)75)129-45-38(17-136(91,92)93)121-65(127-43)58(114-30(9)79)52(45)108-24(3)73/h36-70H,15-21H2,1-14H3,(H,85,86,87)(H,88,89,90)(H,91,92,93)(H,94,95,96)(H,97,98,99)(H,100,101,102)(H,103,104,105)/t36-,37-,38-,39-,40-,41-,42-,43-,44-,45-,46-,47-,48-,49-,50+,51+,52+,53+,54+,55+,56+,57-,58-,59-,60-,61-,62-,63-,64-,65-,66-,67-,68-,69-,70-/m1/s1. The summed E-state index contributed by atoms with van der Waals surface area (Å²) in [7, 11) is -41.1. The van der Waals surface area contributed by atoms with Gasteiger partial charge in [-0.15, -0.1) is 0 Å². The Balaban J connectivity index is 1.54. The molecule has 14 bridgehead atoms. The molecule has 21 aliphatic rings. The lowest BCUT2D eigenvalue weighted by atomic mass is 9.95. The predicted octanol–water partition coefficient (Wildman–Crippen LogP) is -7.97. The number of esters is 14. The van der Waals surface area contributed by atoms with Gasteiger partial charge in [0.1, 0.15) is 126 Å². The van der Waals surface area contributed by atoms with Crippen LogP contribution in [0.3, 0.4) is 0 Å². The maximum absolute atomic E-state index is 13.8. The average molecular weight is 2170 g/mol. The van der Waals surface area contributed by atoms with E-state index in [-0.39, 0.29) is 0 Å². The van der Waals surface area contributed by atoms with Crippen molar-refractivity contribution in [2.45, 2.75) is 312 Å². The van der Waals surface area contributed by atoms with E-state index in [9.17, 15) is 158 Å². The SMILES string of the molecule is CC(=O)O[C@@H]1[C@@H](OC(C)=O)[C@H]2O[C@H]3[C@H](OC(C)=O)[C@@H](OC(C)=O)[C@@H](O[C@H]4[C@H](OC(C)=O)[C@@H](OC(C)=O)[C@@H](O[C@H]5[C@H](OC(C)=O)[C@@H](OC(C)=O)[C@@H](O[C@H]6[C@H](OC(C)=O)[C@@H](OC(C)=O)[C@@H](O[C@H]7[C@H](OC(C)=O)[C@@H](OC(C)=O)[C@@H](O[C@H]8[C@H](OC(C)=O)[C@@H](OC(C)=O)[C@@H](O[C@@H]1[C@@H](CS(=O)(=O)O)O2)O[C@@H]8CS(=O)(=O)O)O[C@@H]7CS(=O)(=O)O)O[C@@H]6CS(=O)(=O)O)O[C@@H]5CS(=O)(=O)O)O[C@@H]4CS(=O)(=O)O)O[C@@H]3CS(=O)(=O)O. The van der Waals surface area contributed by atoms with E-state index in [4.69, 9.17) is 133 Å². The second-order valence-corrected chi connectivity index (χ2v) is 42.3. The molecule has 0 aliphatic carbocycles. The lowest BCUT2D eigenvalue weighted by molar-refractivity contribution is -0.389. The normalized spacial score (nSPS) is 35.9. The van der Waals surface area contributed by atoms with Crippen LogP contribution in [-0.4, -0.2) is 430 Å². The van der Waals surface area contributed by atoms with Crippen LogP contribution in [0.4, 0.5) is 0 Å². The Morgan fingerprint density at radius 2 is 0.236 bits per heavy atom. The molecule has 0 aromatic carbocycles. The predicted molar refractivity (Wildman–Crippen MR) is 427 cm³/mol. The second kappa shape index (κ2) is 47.1. The van der Waals surface area contributed by atoms with Gasteiger partial charge in [-0.3, -0.25) is 99.0 Å². The summed E-state index contributed by atoms with van der Waals surface area (Å²) in [6.07, 6.45) is -101. The van der Waals surface area contributed by atoms with E-state index in [1.807, 2.05) is 0 Å². The van der Waals surface area contributed by atoms with Crippen molar-refractivity contribution in [3.8, 4) is 0 Å². The third-order valence-corrected chi connectivity index (χ3v) is 25.3. The van der Waals surface area contributed by atoms with Gasteiger partial charge in [0.15, 0.2) is 129 Å². The Labute approximate surface area is 793 Å². The molecule has 0 amide bonds. The molecule has 798 valence electrons. The molecule has 0 aromatic heterocycles. The summed E-state index contributed by atoms with van der Waals surface area (Å²) in [4.78, 5) is 192. The fourth-order valence-corrected chi connectivity index (χ4v) is 20.8. The highest BCUT2D eigenvalue weighted by atomic mass is 32.2. The molecule has 21 saturated heterocycles. The fraction of sp³-hybridized carbons (Fsp3) is 0.800. The molecular weight excluding hydrogens is 2070 g/mol. The first-order valence-electron chi connectivity index (χ1n) is 40.4. The summed E-state index contributed by atoms with van der Waals surface area (Å²) in [5.74, 6) is -37.0. The third-order valence-electron chi connectivity index (χ3n) is 20.0. The highest BCUT2D eigenvalue weighted by Gasteiger charge is 2.67. The van der Waals surface area contributed by atoms with E-state index < -0.39 is 410 Å². The molecule has 21 aliphatic heterocycles. The van der Waals surface area contributed by atoms with Crippen LogP contribution in [-0.2, 0) is 271 Å². The summed E-state index contributed by atoms with van der Waals surface area (Å²) in [6, 6.07) is 0. The molecular formula is C70H98O63S7. The van der Waals surface area contributed by atoms with Gasteiger partial charge < -0.3 is 133 Å². The molecule has 63 nitrogen and oxygen atoms in total. The van der Waals surface area contributed by atoms with Gasteiger partial charge in [0.05, 0.1) is 0 Å². The van der Waals surface area contributed by atoms with E-state index in [2.05, 4.69) is 0 Å². The summed E-state index contributed by atoms with van der Waals surface area (Å²) >= 11 is 0. The highest BCUT2D eigenvalue weighted by molar-refractivity contribution is 7.87. The molecule has 70 heteroatoms. The molecule has 21 fully saturated rings. The van der Waals surface area contributed by atoms with Crippen molar-refractivity contribution in [2.24, 2.45) is 0 Å². The van der Waals surface area contributed by atoms with Gasteiger partial charge in [0.25, 0.3) is 70.8 Å². The Morgan fingerprint density at radius 1 is 0.157 bits per heavy atom. The van der Waals surface area contributed by atoms with Gasteiger partial charge in [0.2, 0.25) is 0 Å². The molecule has 0 aromatic rings. The lowest BCUT2D eigenvalue weighted by Gasteiger charge is -2.52. The minimum absolute atomic E-state index is 0.536. The topological polar surface area (TPSA) is 878 Å². The molecule has 0 spiro atoms. The third kappa shape index (κ3) is 34.0. The van der Waals surface area contributed by atoms with Crippen LogP contribution in [0.15, 0.2) is 0 Å². The summed E-state index contributed by atoms with van der Waals surface area (Å²) in [5.41, 5.74) is 0. The van der Waals surface area contributed by atoms with E-state index in [0.717, 1.165) is 0 Å². The number of rotatable bonds is 28. The lowest BCUT2D eigenvalue weighted by Crippen LogP contribution is -2.70. The van der Waals surface area contributed by atoms with Crippen molar-refractivity contribution >= 4 is 154 Å². The smallest absolute Gasteiger partial charge is 0.303 e. The van der Waals surface area contributed by atoms with E-state index >= 15 is 0 Å². The van der Waals surface area contributed by atoms with Crippen molar-refractivity contribution < 1.29 is 291 Å². The summed E-state index contributed by atoms with van der Waals surface area (Å²) < 4.78 is 430. The van der Waals surface area contributed by atoms with Gasteiger partial charge in [-0.25, -0.2) is 0 Å². The zero-order valence-corrected chi connectivity index (χ0v) is 80.7. The zero-order valence-electron chi connectivity index (χ0n) is 75.0. The molecule has 21 heterocycles. The first kappa shape index (κ1) is 117. The maximum atomic E-state index is 13.8. The van der Waals surface area contributed by atoms with Crippen LogP contribution in [0.25, 0.3) is 0 Å². The average Bonchev–Trinajstić information content (AvgIpc) is 0.762. The Bertz CT molecular complexity index is 4510. The Hall–Kier alpha value is -8.61. The molecule has 21 rings (SSSR count). The van der Waals surface area contributed by atoms with E-state index in [1.165, 1.54) is 0 Å². The largest absolute Gasteiger partial charge is 0.455 e. The molecule has 0 saturated carbocycles. The molecule has 35 atom stereocenters. The van der Waals surface area contributed by atoms with Crippen molar-refractivity contribution in [1.82, 2.24) is 0 Å². The van der Waals surface area contributed by atoms with Crippen molar-refractivity contribution in [3.63, 3.8) is 0 Å². The van der Waals surface area contributed by atoms with Crippen molar-refractivity contribution in [2.75, 3.05) is 40.3 Å². The van der Waals surface area contributed by atoms with Crippen LogP contribution in [0.5, 0.6) is 0 Å². The van der Waals surface area contributed by atoms with Gasteiger partial charge in [-0.2, -0.15) is 58.9 Å². The Morgan fingerprint density at radius 3 is 0.307 bits per heavy atom. The van der Waals surface area contributed by atoms with Crippen LogP contribution < -0.4 is 0 Å². The number of carbonyl (C=O) groups excluding carboxylic acids is 14. The number of ether oxygens (including phenoxy) is 28. The van der Waals surface area contributed by atoms with Crippen molar-refractivity contribution in [1.29, 1.82) is 0 Å². The first-order valence-corrected chi connectivity index (χ1v) is 51.7. The number of hydrogen-bond donors (Lipinski definition) is 7. The van der Waals surface area contributed by atoms with Crippen molar-refractivity contribution in [3.05, 3.63) is 0 Å². The molecule has 7 N–H and O–H groups in total. The highest BCUT2D eigenvalue weighted by Crippen LogP contribution is 2.46. The molecule has 140 heavy (non-hydrogen) atoms. The first-order chi connectivity index (χ1) is 64.2. The summed E-state index contributed by atoms with van der Waals surface area (Å²) in [6.45, 7) is 7.56. The number of hydrogen-bond acceptors (Lipinski definition) is 56. The van der Waals surface area contributed by atoms with Crippen LogP contribution in [0.1, 0.15) is 96.9 Å². The van der Waals surface area contributed by atoms with Crippen LogP contribution in [0, 0.1) is 0 Å². The fourth-order valence-electron chi connectivity index (χ4n) is 16.0. The van der Waals surface area contributed by atoms with E-state index in [0.29, 0.717) is 96.9 Å². The molecule has 0 radical (unpaired) electrons. The quantitative estimate of drug-likeness (QED) is 0.0217.